The number of hydrogen-bond acceptors (Lipinski definition) is 5. The number of carbonyl (C=O) groups excluding carboxylic acids is 1. The molecule has 0 saturated carbocycles. The van der Waals surface area contributed by atoms with E-state index in [2.05, 4.69) is 20.6 Å². The van der Waals surface area contributed by atoms with E-state index in [4.69, 9.17) is 16.3 Å². The van der Waals surface area contributed by atoms with Gasteiger partial charge in [0.25, 0.3) is 11.5 Å². The Kier molecular flexibility index (Phi) is 5.70. The van der Waals surface area contributed by atoms with Crippen LogP contribution >= 0.6 is 11.6 Å². The zero-order valence-electron chi connectivity index (χ0n) is 14.6. The molecule has 0 radical (unpaired) electrons. The van der Waals surface area contributed by atoms with Crippen LogP contribution in [0.1, 0.15) is 40.1 Å². The van der Waals surface area contributed by atoms with Crippen molar-refractivity contribution in [3.63, 3.8) is 0 Å². The van der Waals surface area contributed by atoms with Gasteiger partial charge in [-0.15, -0.1) is 0 Å². The molecule has 138 valence electrons. The summed E-state index contributed by atoms with van der Waals surface area (Å²) in [4.78, 5) is 30.8. The predicted octanol–water partition coefficient (Wildman–Crippen LogP) is 1.71. The molecular weight excluding hydrogens is 356 g/mol. The molecule has 3 N–H and O–H groups in total. The molecule has 3 heterocycles. The summed E-state index contributed by atoms with van der Waals surface area (Å²) in [7, 11) is 0. The highest BCUT2D eigenvalue weighted by molar-refractivity contribution is 6.30. The summed E-state index contributed by atoms with van der Waals surface area (Å²) in [6, 6.07) is 3.49. The quantitative estimate of drug-likeness (QED) is 0.713. The van der Waals surface area contributed by atoms with Gasteiger partial charge in [0.2, 0.25) is 0 Å². The Labute approximate surface area is 156 Å². The Bertz CT molecular complexity index is 864. The average molecular weight is 377 g/mol. The number of hydrogen-bond donors (Lipinski definition) is 3. The minimum Gasteiger partial charge on any atom is -0.377 e. The lowest BCUT2D eigenvalue weighted by Gasteiger charge is -2.27. The van der Waals surface area contributed by atoms with Crippen LogP contribution in [-0.2, 0) is 11.3 Å². The first-order valence-corrected chi connectivity index (χ1v) is 8.78. The van der Waals surface area contributed by atoms with E-state index >= 15 is 0 Å². The van der Waals surface area contributed by atoms with Crippen molar-refractivity contribution < 1.29 is 9.53 Å². The summed E-state index contributed by atoms with van der Waals surface area (Å²) in [5, 5.41) is 6.43. The molecule has 7 nitrogen and oxygen atoms in total. The zero-order valence-corrected chi connectivity index (χ0v) is 15.4. The van der Waals surface area contributed by atoms with Crippen LogP contribution in [-0.4, -0.2) is 35.1 Å². The van der Waals surface area contributed by atoms with Crippen molar-refractivity contribution in [1.29, 1.82) is 0 Å². The fraction of sp³-hybridized carbons (Fsp3) is 0.389. The standard InChI is InChI=1S/C18H21ClN4O3/c1-10-3-4-20-16(18(25)23-13-8-26-9-13)14(10)7-21-11(2)12-5-15(19)17(24)22-6-12/h3-6,11,13,21H,7-9H2,1-2H3,(H,22,24)(H,23,25). The Morgan fingerprint density at radius 3 is 2.92 bits per heavy atom. The van der Waals surface area contributed by atoms with Crippen LogP contribution in [0.15, 0.2) is 29.3 Å². The van der Waals surface area contributed by atoms with E-state index in [-0.39, 0.29) is 28.6 Å². The Morgan fingerprint density at radius 1 is 1.50 bits per heavy atom. The van der Waals surface area contributed by atoms with Crippen LogP contribution in [0, 0.1) is 6.92 Å². The van der Waals surface area contributed by atoms with Gasteiger partial charge in [-0.1, -0.05) is 11.6 Å². The fourth-order valence-electron chi connectivity index (χ4n) is 2.67. The molecule has 3 rings (SSSR count). The lowest BCUT2D eigenvalue weighted by molar-refractivity contribution is -0.00357. The first kappa shape index (κ1) is 18.6. The molecule has 1 atom stereocenters. The van der Waals surface area contributed by atoms with Crippen LogP contribution < -0.4 is 16.2 Å². The van der Waals surface area contributed by atoms with E-state index in [1.807, 2.05) is 19.9 Å². The number of nitrogens with one attached hydrogen (secondary N) is 3. The van der Waals surface area contributed by atoms with E-state index in [9.17, 15) is 9.59 Å². The maximum absolute atomic E-state index is 12.5. The van der Waals surface area contributed by atoms with Gasteiger partial charge in [0.15, 0.2) is 0 Å². The molecule has 2 aromatic heterocycles. The molecule has 1 aliphatic heterocycles. The number of carbonyl (C=O) groups is 1. The maximum Gasteiger partial charge on any atom is 0.270 e. The minimum atomic E-state index is -0.315. The first-order chi connectivity index (χ1) is 12.5. The Morgan fingerprint density at radius 2 is 2.27 bits per heavy atom. The van der Waals surface area contributed by atoms with Gasteiger partial charge in [0, 0.05) is 30.5 Å². The molecule has 1 saturated heterocycles. The molecular formula is C18H21ClN4O3. The van der Waals surface area contributed by atoms with Gasteiger partial charge in [-0.25, -0.2) is 0 Å². The Balaban J connectivity index is 1.73. The van der Waals surface area contributed by atoms with E-state index in [0.717, 1.165) is 16.7 Å². The second kappa shape index (κ2) is 7.99. The summed E-state index contributed by atoms with van der Waals surface area (Å²) in [6.45, 7) is 5.44. The summed E-state index contributed by atoms with van der Waals surface area (Å²) in [6.07, 6.45) is 3.27. The molecule has 1 aliphatic rings. The molecule has 1 amide bonds. The molecule has 2 aromatic rings. The fourth-order valence-corrected chi connectivity index (χ4v) is 2.86. The van der Waals surface area contributed by atoms with Gasteiger partial charge in [-0.05, 0) is 37.1 Å². The average Bonchev–Trinajstić information content (AvgIpc) is 2.58. The van der Waals surface area contributed by atoms with Crippen LogP contribution in [0.5, 0.6) is 0 Å². The van der Waals surface area contributed by atoms with Crippen LogP contribution in [0.4, 0.5) is 0 Å². The van der Waals surface area contributed by atoms with Gasteiger partial charge >= 0.3 is 0 Å². The first-order valence-electron chi connectivity index (χ1n) is 8.40. The second-order valence-corrected chi connectivity index (χ2v) is 6.78. The number of amides is 1. The van der Waals surface area contributed by atoms with Gasteiger partial charge in [-0.2, -0.15) is 0 Å². The molecule has 26 heavy (non-hydrogen) atoms. The summed E-state index contributed by atoms with van der Waals surface area (Å²) in [5.74, 6) is -0.196. The third-order valence-corrected chi connectivity index (χ3v) is 4.72. The molecule has 8 heteroatoms. The number of H-pyrrole nitrogens is 1. The minimum absolute atomic E-state index is 0.0489. The van der Waals surface area contributed by atoms with E-state index in [0.29, 0.717) is 25.5 Å². The van der Waals surface area contributed by atoms with Crippen LogP contribution in [0.2, 0.25) is 5.02 Å². The lowest BCUT2D eigenvalue weighted by atomic mass is 10.1. The van der Waals surface area contributed by atoms with Crippen molar-refractivity contribution >= 4 is 17.5 Å². The third-order valence-electron chi connectivity index (χ3n) is 4.44. The number of halogens is 1. The smallest absolute Gasteiger partial charge is 0.270 e. The molecule has 1 unspecified atom stereocenters. The Hall–Kier alpha value is -2.22. The number of rotatable bonds is 6. The van der Waals surface area contributed by atoms with Gasteiger partial charge < -0.3 is 20.4 Å². The van der Waals surface area contributed by atoms with Crippen molar-refractivity contribution in [1.82, 2.24) is 20.6 Å². The number of aromatic amines is 1. The summed E-state index contributed by atoms with van der Waals surface area (Å²) in [5.41, 5.74) is 2.77. The van der Waals surface area contributed by atoms with Crippen molar-refractivity contribution in [3.05, 3.63) is 62.3 Å². The molecule has 0 aliphatic carbocycles. The molecule has 0 bridgehead atoms. The molecule has 0 spiro atoms. The van der Waals surface area contributed by atoms with Gasteiger partial charge in [0.05, 0.1) is 19.3 Å². The monoisotopic (exact) mass is 376 g/mol. The third kappa shape index (κ3) is 4.12. The van der Waals surface area contributed by atoms with Crippen molar-refractivity contribution in [2.45, 2.75) is 32.5 Å². The normalized spacial score (nSPS) is 15.3. The summed E-state index contributed by atoms with van der Waals surface area (Å²) >= 11 is 5.89. The zero-order chi connectivity index (χ0) is 18.7. The maximum atomic E-state index is 12.5. The highest BCUT2D eigenvalue weighted by Crippen LogP contribution is 2.17. The van der Waals surface area contributed by atoms with Gasteiger partial charge in [0.1, 0.15) is 10.7 Å². The molecule has 1 fully saturated rings. The van der Waals surface area contributed by atoms with E-state index in [1.165, 1.54) is 0 Å². The van der Waals surface area contributed by atoms with Gasteiger partial charge in [-0.3, -0.25) is 14.6 Å². The second-order valence-electron chi connectivity index (χ2n) is 6.38. The molecule has 0 aromatic carbocycles. The topological polar surface area (TPSA) is 96.1 Å². The number of ether oxygens (including phenoxy) is 1. The van der Waals surface area contributed by atoms with E-state index < -0.39 is 0 Å². The van der Waals surface area contributed by atoms with Crippen molar-refractivity contribution in [2.75, 3.05) is 13.2 Å². The predicted molar refractivity (Wildman–Crippen MR) is 98.4 cm³/mol. The van der Waals surface area contributed by atoms with Crippen molar-refractivity contribution in [3.8, 4) is 0 Å². The number of aryl methyl sites for hydroxylation is 1. The van der Waals surface area contributed by atoms with Crippen LogP contribution in [0.25, 0.3) is 0 Å². The van der Waals surface area contributed by atoms with Crippen molar-refractivity contribution in [2.24, 2.45) is 0 Å². The highest BCUT2D eigenvalue weighted by Gasteiger charge is 2.23. The SMILES string of the molecule is Cc1ccnc(C(=O)NC2COC2)c1CNC(C)c1c[nH]c(=O)c(Cl)c1. The lowest BCUT2D eigenvalue weighted by Crippen LogP contribution is -2.49. The number of pyridine rings is 2. The largest absolute Gasteiger partial charge is 0.377 e. The van der Waals surface area contributed by atoms with Crippen LogP contribution in [0.3, 0.4) is 0 Å². The van der Waals surface area contributed by atoms with E-state index in [1.54, 1.807) is 18.5 Å². The number of nitrogens with zero attached hydrogens (tertiary/aromatic N) is 1. The highest BCUT2D eigenvalue weighted by atomic mass is 35.5. The number of aromatic nitrogens is 2. The summed E-state index contributed by atoms with van der Waals surface area (Å²) < 4.78 is 5.09.